The standard InChI is InChI=1S/C22H26N4O3S/c1-14-25-19(13-30-14)16-8-18(24-11-16)22(27)23-5-7-26-6-4-15-9-20(28-2)21(29-3)10-17(15)12-26/h8-11,13,24H,4-7,12H2,1-3H3,(H,23,27). The molecular weight excluding hydrogens is 400 g/mol. The van der Waals surface area contributed by atoms with Crippen LogP contribution in [0.3, 0.4) is 0 Å². The van der Waals surface area contributed by atoms with E-state index in [0.717, 1.165) is 53.8 Å². The Balaban J connectivity index is 1.31. The van der Waals surface area contributed by atoms with Crippen LogP contribution >= 0.6 is 11.3 Å². The maximum atomic E-state index is 12.5. The van der Waals surface area contributed by atoms with Crippen LogP contribution in [-0.2, 0) is 13.0 Å². The molecule has 1 aliphatic rings. The van der Waals surface area contributed by atoms with Gasteiger partial charge in [0.05, 0.1) is 24.9 Å². The molecule has 0 saturated carbocycles. The number of hydrogen-bond donors (Lipinski definition) is 2. The fraction of sp³-hybridized carbons (Fsp3) is 0.364. The molecule has 30 heavy (non-hydrogen) atoms. The van der Waals surface area contributed by atoms with Crippen LogP contribution in [0.15, 0.2) is 29.8 Å². The minimum Gasteiger partial charge on any atom is -0.493 e. The van der Waals surface area contributed by atoms with Gasteiger partial charge < -0.3 is 19.8 Å². The summed E-state index contributed by atoms with van der Waals surface area (Å²) in [6.07, 6.45) is 2.78. The van der Waals surface area contributed by atoms with E-state index in [4.69, 9.17) is 9.47 Å². The molecule has 4 rings (SSSR count). The van der Waals surface area contributed by atoms with Gasteiger partial charge in [-0.05, 0) is 42.7 Å². The highest BCUT2D eigenvalue weighted by Gasteiger charge is 2.19. The van der Waals surface area contributed by atoms with Crippen LogP contribution in [0.2, 0.25) is 0 Å². The van der Waals surface area contributed by atoms with E-state index >= 15 is 0 Å². The minimum absolute atomic E-state index is 0.1000. The first-order chi connectivity index (χ1) is 14.6. The fourth-order valence-corrected chi connectivity index (χ4v) is 4.35. The van der Waals surface area contributed by atoms with E-state index < -0.39 is 0 Å². The molecular formula is C22H26N4O3S. The minimum atomic E-state index is -0.1000. The monoisotopic (exact) mass is 426 g/mol. The van der Waals surface area contributed by atoms with Crippen molar-refractivity contribution < 1.29 is 14.3 Å². The van der Waals surface area contributed by atoms with E-state index in [9.17, 15) is 4.79 Å². The van der Waals surface area contributed by atoms with E-state index in [2.05, 4.69) is 32.3 Å². The Morgan fingerprint density at radius 3 is 2.70 bits per heavy atom. The van der Waals surface area contributed by atoms with Crippen molar-refractivity contribution in [1.29, 1.82) is 0 Å². The zero-order valence-electron chi connectivity index (χ0n) is 17.4. The largest absolute Gasteiger partial charge is 0.493 e. The molecule has 8 heteroatoms. The summed E-state index contributed by atoms with van der Waals surface area (Å²) < 4.78 is 10.8. The molecule has 3 heterocycles. The number of nitrogens with one attached hydrogen (secondary N) is 2. The molecule has 0 bridgehead atoms. The Morgan fingerprint density at radius 2 is 2.00 bits per heavy atom. The molecule has 7 nitrogen and oxygen atoms in total. The van der Waals surface area contributed by atoms with Crippen LogP contribution in [0.25, 0.3) is 11.3 Å². The lowest BCUT2D eigenvalue weighted by Crippen LogP contribution is -2.37. The highest BCUT2D eigenvalue weighted by Crippen LogP contribution is 2.33. The lowest BCUT2D eigenvalue weighted by Gasteiger charge is -2.29. The molecule has 0 atom stereocenters. The first kappa shape index (κ1) is 20.4. The number of carbonyl (C=O) groups is 1. The molecule has 0 aliphatic carbocycles. The predicted molar refractivity (Wildman–Crippen MR) is 117 cm³/mol. The van der Waals surface area contributed by atoms with Gasteiger partial charge in [-0.15, -0.1) is 11.3 Å². The summed E-state index contributed by atoms with van der Waals surface area (Å²) in [5, 5.41) is 6.02. The number of rotatable bonds is 7. The molecule has 2 aromatic heterocycles. The number of thiazole rings is 1. The van der Waals surface area contributed by atoms with Crippen LogP contribution < -0.4 is 14.8 Å². The predicted octanol–water partition coefficient (Wildman–Crippen LogP) is 3.25. The zero-order chi connectivity index (χ0) is 21.1. The van der Waals surface area contributed by atoms with Gasteiger partial charge in [0.1, 0.15) is 5.69 Å². The van der Waals surface area contributed by atoms with E-state index in [1.807, 2.05) is 24.6 Å². The highest BCUT2D eigenvalue weighted by atomic mass is 32.1. The number of methoxy groups -OCH3 is 2. The average Bonchev–Trinajstić information content (AvgIpc) is 3.41. The van der Waals surface area contributed by atoms with Gasteiger partial charge in [-0.3, -0.25) is 9.69 Å². The van der Waals surface area contributed by atoms with Crippen LogP contribution in [-0.4, -0.2) is 54.6 Å². The Kier molecular flexibility index (Phi) is 6.06. The smallest absolute Gasteiger partial charge is 0.267 e. The summed E-state index contributed by atoms with van der Waals surface area (Å²) in [6.45, 7) is 5.14. The zero-order valence-corrected chi connectivity index (χ0v) is 18.3. The maximum absolute atomic E-state index is 12.5. The number of amides is 1. The van der Waals surface area contributed by atoms with Crippen LogP contribution in [0.1, 0.15) is 26.6 Å². The van der Waals surface area contributed by atoms with Crippen LogP contribution in [0.4, 0.5) is 0 Å². The number of aromatic nitrogens is 2. The second-order valence-electron chi connectivity index (χ2n) is 7.31. The summed E-state index contributed by atoms with van der Waals surface area (Å²) in [6, 6.07) is 5.97. The lowest BCUT2D eigenvalue weighted by molar-refractivity contribution is 0.0943. The first-order valence-corrected chi connectivity index (χ1v) is 10.8. The van der Waals surface area contributed by atoms with E-state index in [-0.39, 0.29) is 5.91 Å². The number of ether oxygens (including phenoxy) is 2. The second-order valence-corrected chi connectivity index (χ2v) is 8.37. The molecule has 2 N–H and O–H groups in total. The van der Waals surface area contributed by atoms with Gasteiger partial charge in [-0.1, -0.05) is 0 Å². The normalized spacial score (nSPS) is 13.7. The van der Waals surface area contributed by atoms with Crippen molar-refractivity contribution in [2.24, 2.45) is 0 Å². The third-order valence-corrected chi connectivity index (χ3v) is 6.13. The molecule has 158 valence electrons. The van der Waals surface area contributed by atoms with Crippen molar-refractivity contribution in [1.82, 2.24) is 20.2 Å². The number of nitrogens with zero attached hydrogens (tertiary/aromatic N) is 2. The molecule has 0 spiro atoms. The summed E-state index contributed by atoms with van der Waals surface area (Å²) in [5.74, 6) is 1.43. The summed E-state index contributed by atoms with van der Waals surface area (Å²) in [7, 11) is 3.31. The quantitative estimate of drug-likeness (QED) is 0.606. The molecule has 1 aliphatic heterocycles. The number of carbonyl (C=O) groups excluding carboxylic acids is 1. The van der Waals surface area contributed by atoms with Crippen LogP contribution in [0, 0.1) is 6.92 Å². The molecule has 0 unspecified atom stereocenters. The van der Waals surface area contributed by atoms with Gasteiger partial charge in [0.25, 0.3) is 5.91 Å². The number of benzene rings is 1. The average molecular weight is 427 g/mol. The number of hydrogen-bond acceptors (Lipinski definition) is 6. The molecule has 0 saturated heterocycles. The Bertz CT molecular complexity index is 1040. The van der Waals surface area contributed by atoms with Gasteiger partial charge in [0.15, 0.2) is 11.5 Å². The number of aromatic amines is 1. The molecule has 1 aromatic carbocycles. The van der Waals surface area contributed by atoms with Crippen molar-refractivity contribution in [2.75, 3.05) is 33.9 Å². The first-order valence-electron chi connectivity index (χ1n) is 9.92. The van der Waals surface area contributed by atoms with Crippen molar-refractivity contribution in [2.45, 2.75) is 19.9 Å². The summed E-state index contributed by atoms with van der Waals surface area (Å²) in [4.78, 5) is 22.3. The summed E-state index contributed by atoms with van der Waals surface area (Å²) >= 11 is 1.60. The van der Waals surface area contributed by atoms with Crippen molar-refractivity contribution in [3.63, 3.8) is 0 Å². The van der Waals surface area contributed by atoms with Crippen LogP contribution in [0.5, 0.6) is 11.5 Å². The Labute approximate surface area is 180 Å². The van der Waals surface area contributed by atoms with Crippen molar-refractivity contribution in [3.05, 3.63) is 51.6 Å². The van der Waals surface area contributed by atoms with Gasteiger partial charge >= 0.3 is 0 Å². The van der Waals surface area contributed by atoms with Gasteiger partial charge in [-0.2, -0.15) is 0 Å². The lowest BCUT2D eigenvalue weighted by atomic mass is 9.99. The number of H-pyrrole nitrogens is 1. The second kappa shape index (κ2) is 8.89. The summed E-state index contributed by atoms with van der Waals surface area (Å²) in [5.41, 5.74) is 4.92. The topological polar surface area (TPSA) is 79.5 Å². The number of aryl methyl sites for hydroxylation is 1. The van der Waals surface area contributed by atoms with E-state index in [1.54, 1.807) is 25.6 Å². The van der Waals surface area contributed by atoms with Crippen molar-refractivity contribution >= 4 is 17.2 Å². The fourth-order valence-electron chi connectivity index (χ4n) is 3.72. The Hall–Kier alpha value is -2.84. The Morgan fingerprint density at radius 1 is 1.23 bits per heavy atom. The van der Waals surface area contributed by atoms with E-state index in [1.165, 1.54) is 11.1 Å². The third kappa shape index (κ3) is 4.34. The molecule has 1 amide bonds. The molecule has 0 radical (unpaired) electrons. The van der Waals surface area contributed by atoms with E-state index in [0.29, 0.717) is 12.2 Å². The molecule has 3 aromatic rings. The molecule has 0 fully saturated rings. The third-order valence-electron chi connectivity index (χ3n) is 5.35. The van der Waals surface area contributed by atoms with Gasteiger partial charge in [0.2, 0.25) is 0 Å². The maximum Gasteiger partial charge on any atom is 0.267 e. The van der Waals surface area contributed by atoms with Gasteiger partial charge in [-0.25, -0.2) is 4.98 Å². The SMILES string of the molecule is COc1cc2c(cc1OC)CN(CCNC(=O)c1cc(-c3csc(C)n3)c[nH]1)CC2. The van der Waals surface area contributed by atoms with Gasteiger partial charge in [0, 0.05) is 43.3 Å². The highest BCUT2D eigenvalue weighted by molar-refractivity contribution is 7.09. The van der Waals surface area contributed by atoms with Crippen molar-refractivity contribution in [3.8, 4) is 22.8 Å². The number of fused-ring (bicyclic) bond motifs is 1.